The number of halogens is 1. The van der Waals surface area contributed by atoms with Gasteiger partial charge in [0, 0.05) is 54.5 Å². The Morgan fingerprint density at radius 1 is 1.06 bits per heavy atom. The third kappa shape index (κ3) is 6.81. The average molecular weight is 470 g/mol. The summed E-state index contributed by atoms with van der Waals surface area (Å²) >= 11 is 5.91. The quantitative estimate of drug-likeness (QED) is 0.468. The van der Waals surface area contributed by atoms with Gasteiger partial charge in [0.15, 0.2) is 6.29 Å². The zero-order valence-corrected chi connectivity index (χ0v) is 19.1. The number of amides is 2. The SMILES string of the molecule is O=C(/C=C/c1ccc(N[C@@H]2CCN(C(=O)c3ccc(Cl)cc3)C2)cc1)NOC1CCCCO1. The topological polar surface area (TPSA) is 79.9 Å². The van der Waals surface area contributed by atoms with Crippen LogP contribution in [0.25, 0.3) is 6.08 Å². The van der Waals surface area contributed by atoms with E-state index in [4.69, 9.17) is 21.2 Å². The van der Waals surface area contributed by atoms with Crippen molar-refractivity contribution >= 4 is 35.2 Å². The first-order valence-corrected chi connectivity index (χ1v) is 11.6. The lowest BCUT2D eigenvalue weighted by atomic mass is 10.1. The smallest absolute Gasteiger partial charge is 0.267 e. The number of rotatable bonds is 7. The first-order valence-electron chi connectivity index (χ1n) is 11.2. The summed E-state index contributed by atoms with van der Waals surface area (Å²) in [6.07, 6.45) is 6.52. The summed E-state index contributed by atoms with van der Waals surface area (Å²) in [6, 6.07) is 15.0. The molecule has 2 aromatic carbocycles. The first kappa shape index (κ1) is 23.3. The maximum absolute atomic E-state index is 12.7. The maximum atomic E-state index is 12.7. The number of benzene rings is 2. The van der Waals surface area contributed by atoms with Gasteiger partial charge in [0.1, 0.15) is 0 Å². The van der Waals surface area contributed by atoms with Crippen LogP contribution in [-0.2, 0) is 14.4 Å². The molecule has 8 heteroatoms. The molecule has 2 aliphatic rings. The minimum absolute atomic E-state index is 0.0220. The largest absolute Gasteiger partial charge is 0.380 e. The summed E-state index contributed by atoms with van der Waals surface area (Å²) in [5, 5.41) is 4.10. The van der Waals surface area contributed by atoms with E-state index in [1.807, 2.05) is 29.2 Å². The van der Waals surface area contributed by atoms with Crippen molar-refractivity contribution in [3.05, 3.63) is 70.8 Å². The molecule has 7 nitrogen and oxygen atoms in total. The van der Waals surface area contributed by atoms with E-state index in [0.29, 0.717) is 30.3 Å². The lowest BCUT2D eigenvalue weighted by Gasteiger charge is -2.21. The third-order valence-corrected chi connectivity index (χ3v) is 5.96. The molecule has 0 spiro atoms. The second-order valence-corrected chi connectivity index (χ2v) is 8.66. The summed E-state index contributed by atoms with van der Waals surface area (Å²) in [7, 11) is 0. The number of likely N-dealkylation sites (tertiary alicyclic amines) is 1. The molecule has 2 saturated heterocycles. The maximum Gasteiger partial charge on any atom is 0.267 e. The van der Waals surface area contributed by atoms with Gasteiger partial charge in [0.2, 0.25) is 0 Å². The summed E-state index contributed by atoms with van der Waals surface area (Å²) in [5.74, 6) is -0.309. The highest BCUT2D eigenvalue weighted by Gasteiger charge is 2.26. The van der Waals surface area contributed by atoms with Crippen LogP contribution in [0.4, 0.5) is 5.69 Å². The molecule has 1 unspecified atom stereocenters. The fourth-order valence-corrected chi connectivity index (χ4v) is 4.02. The van der Waals surface area contributed by atoms with Gasteiger partial charge in [-0.25, -0.2) is 10.3 Å². The molecule has 2 heterocycles. The number of nitrogens with one attached hydrogen (secondary N) is 2. The van der Waals surface area contributed by atoms with Crippen molar-refractivity contribution in [1.82, 2.24) is 10.4 Å². The number of hydrogen-bond acceptors (Lipinski definition) is 5. The Labute approximate surface area is 198 Å². The van der Waals surface area contributed by atoms with E-state index in [0.717, 1.165) is 36.9 Å². The van der Waals surface area contributed by atoms with Crippen LogP contribution in [0.15, 0.2) is 54.6 Å². The molecule has 0 radical (unpaired) electrons. The molecular weight excluding hydrogens is 442 g/mol. The van der Waals surface area contributed by atoms with Crippen LogP contribution in [0.1, 0.15) is 41.6 Å². The zero-order chi connectivity index (χ0) is 23.0. The molecule has 2 aliphatic heterocycles. The molecule has 0 bridgehead atoms. The monoisotopic (exact) mass is 469 g/mol. The predicted octanol–water partition coefficient (Wildman–Crippen LogP) is 4.25. The minimum Gasteiger partial charge on any atom is -0.380 e. The number of hydroxylamine groups is 1. The van der Waals surface area contributed by atoms with Crippen LogP contribution in [0.5, 0.6) is 0 Å². The van der Waals surface area contributed by atoms with Gasteiger partial charge in [-0.15, -0.1) is 0 Å². The van der Waals surface area contributed by atoms with Crippen molar-refractivity contribution in [2.24, 2.45) is 0 Å². The third-order valence-electron chi connectivity index (χ3n) is 5.70. The van der Waals surface area contributed by atoms with E-state index < -0.39 is 0 Å². The van der Waals surface area contributed by atoms with Crippen molar-refractivity contribution in [3.8, 4) is 0 Å². The molecular formula is C25H28ClN3O4. The van der Waals surface area contributed by atoms with E-state index in [1.54, 1.807) is 30.3 Å². The van der Waals surface area contributed by atoms with E-state index in [1.165, 1.54) is 6.08 Å². The molecule has 0 aliphatic carbocycles. The average Bonchev–Trinajstić information content (AvgIpc) is 3.31. The number of anilines is 1. The van der Waals surface area contributed by atoms with Gasteiger partial charge < -0.3 is 15.0 Å². The molecule has 2 aromatic rings. The fourth-order valence-electron chi connectivity index (χ4n) is 3.90. The Balaban J connectivity index is 1.22. The number of hydrogen-bond donors (Lipinski definition) is 2. The number of carbonyl (C=O) groups excluding carboxylic acids is 2. The van der Waals surface area contributed by atoms with Gasteiger partial charge in [-0.3, -0.25) is 9.59 Å². The van der Waals surface area contributed by atoms with Crippen molar-refractivity contribution in [2.75, 3.05) is 25.0 Å². The highest BCUT2D eigenvalue weighted by atomic mass is 35.5. The Hall–Kier alpha value is -2.87. The number of carbonyl (C=O) groups is 2. The number of ether oxygens (including phenoxy) is 1. The van der Waals surface area contributed by atoms with Crippen LogP contribution >= 0.6 is 11.6 Å². The first-order chi connectivity index (χ1) is 16.1. The molecule has 174 valence electrons. The minimum atomic E-state index is -0.366. The highest BCUT2D eigenvalue weighted by molar-refractivity contribution is 6.30. The second-order valence-electron chi connectivity index (χ2n) is 8.22. The van der Waals surface area contributed by atoms with Crippen molar-refractivity contribution in [1.29, 1.82) is 0 Å². The normalized spacial score (nSPS) is 20.7. The molecule has 2 fully saturated rings. The molecule has 33 heavy (non-hydrogen) atoms. The molecule has 0 saturated carbocycles. The van der Waals surface area contributed by atoms with E-state index in [-0.39, 0.29) is 24.1 Å². The standard InChI is InChI=1S/C25H28ClN3O4/c26-20-9-7-19(8-10-20)25(31)29-15-14-22(17-29)27-21-11-4-18(5-12-21)6-13-23(30)28-33-24-3-1-2-16-32-24/h4-13,22,24,27H,1-3,14-17H2,(H,28,30)/b13-6+/t22-,24?/m1/s1. The van der Waals surface area contributed by atoms with Gasteiger partial charge in [0.05, 0.1) is 0 Å². The highest BCUT2D eigenvalue weighted by Crippen LogP contribution is 2.20. The summed E-state index contributed by atoms with van der Waals surface area (Å²) in [5.41, 5.74) is 4.93. The zero-order valence-electron chi connectivity index (χ0n) is 18.3. The molecule has 2 amide bonds. The molecule has 2 atom stereocenters. The molecule has 2 N–H and O–H groups in total. The van der Waals surface area contributed by atoms with Crippen LogP contribution < -0.4 is 10.8 Å². The number of nitrogens with zero attached hydrogens (tertiary/aromatic N) is 1. The Morgan fingerprint density at radius 3 is 2.58 bits per heavy atom. The van der Waals surface area contributed by atoms with Crippen LogP contribution in [0, 0.1) is 0 Å². The van der Waals surface area contributed by atoms with Gasteiger partial charge in [-0.2, -0.15) is 0 Å². The van der Waals surface area contributed by atoms with Gasteiger partial charge in [-0.05, 0) is 67.3 Å². The second kappa shape index (κ2) is 11.3. The van der Waals surface area contributed by atoms with Gasteiger partial charge >= 0.3 is 0 Å². The predicted molar refractivity (Wildman–Crippen MR) is 128 cm³/mol. The lowest BCUT2D eigenvalue weighted by Crippen LogP contribution is -2.32. The van der Waals surface area contributed by atoms with Gasteiger partial charge in [-0.1, -0.05) is 23.7 Å². The van der Waals surface area contributed by atoms with E-state index in [2.05, 4.69) is 10.8 Å². The summed E-state index contributed by atoms with van der Waals surface area (Å²) in [6.45, 7) is 2.02. The van der Waals surface area contributed by atoms with Gasteiger partial charge in [0.25, 0.3) is 11.8 Å². The van der Waals surface area contributed by atoms with Crippen molar-refractivity contribution in [2.45, 2.75) is 38.0 Å². The van der Waals surface area contributed by atoms with Crippen LogP contribution in [0.3, 0.4) is 0 Å². The van der Waals surface area contributed by atoms with Crippen molar-refractivity contribution in [3.63, 3.8) is 0 Å². The summed E-state index contributed by atoms with van der Waals surface area (Å²) < 4.78 is 5.41. The molecule has 4 rings (SSSR count). The fraction of sp³-hybridized carbons (Fsp3) is 0.360. The van der Waals surface area contributed by atoms with Crippen LogP contribution in [-0.4, -0.2) is 48.7 Å². The van der Waals surface area contributed by atoms with Crippen molar-refractivity contribution < 1.29 is 19.2 Å². The Bertz CT molecular complexity index is 972. The van der Waals surface area contributed by atoms with E-state index >= 15 is 0 Å². The lowest BCUT2D eigenvalue weighted by molar-refractivity contribution is -0.198. The van der Waals surface area contributed by atoms with E-state index in [9.17, 15) is 9.59 Å². The van der Waals surface area contributed by atoms with Crippen LogP contribution in [0.2, 0.25) is 5.02 Å². The Morgan fingerprint density at radius 2 is 1.85 bits per heavy atom. The summed E-state index contributed by atoms with van der Waals surface area (Å²) in [4.78, 5) is 31.7. The molecule has 0 aromatic heterocycles. The Kier molecular flexibility index (Phi) is 7.99.